The van der Waals surface area contributed by atoms with E-state index in [-0.39, 0.29) is 12.0 Å². The zero-order chi connectivity index (χ0) is 23.8. The number of nitrogens with one attached hydrogen (secondary N) is 2. The van der Waals surface area contributed by atoms with Crippen LogP contribution in [-0.4, -0.2) is 51.7 Å². The van der Waals surface area contributed by atoms with Crippen molar-refractivity contribution in [3.05, 3.63) is 59.3 Å². The van der Waals surface area contributed by atoms with Gasteiger partial charge < -0.3 is 14.8 Å². The van der Waals surface area contributed by atoms with Crippen molar-refractivity contribution in [1.82, 2.24) is 20.6 Å². The van der Waals surface area contributed by atoms with E-state index in [1.165, 1.54) is 7.11 Å². The number of carbonyl (C=O) groups excluding carboxylic acids is 1. The summed E-state index contributed by atoms with van der Waals surface area (Å²) in [6.45, 7) is 0. The maximum Gasteiger partial charge on any atom is 0.490 e. The molecule has 2 aromatic heterocycles. The number of hydrogen-bond acceptors (Lipinski definition) is 7. The largest absolute Gasteiger partial charge is 0.490 e. The van der Waals surface area contributed by atoms with Crippen LogP contribution in [-0.2, 0) is 20.7 Å². The van der Waals surface area contributed by atoms with Crippen LogP contribution in [0.4, 0.5) is 13.2 Å². The normalized spacial score (nSPS) is 17.8. The second-order valence-corrected chi connectivity index (χ2v) is 7.26. The minimum atomic E-state index is -5.08. The lowest BCUT2D eigenvalue weighted by Crippen LogP contribution is -2.45. The number of aliphatic carboxylic acids is 1. The van der Waals surface area contributed by atoms with E-state index in [0.29, 0.717) is 17.5 Å². The van der Waals surface area contributed by atoms with E-state index in [1.807, 2.05) is 36.4 Å². The Balaban J connectivity index is 0.000000325. The van der Waals surface area contributed by atoms with Gasteiger partial charge in [-0.25, -0.2) is 9.42 Å². The zero-order valence-electron chi connectivity index (χ0n) is 17.0. The van der Waals surface area contributed by atoms with Gasteiger partial charge in [0.1, 0.15) is 17.1 Å². The number of halogens is 3. The van der Waals surface area contributed by atoms with E-state index < -0.39 is 18.2 Å². The van der Waals surface area contributed by atoms with Crippen molar-refractivity contribution in [2.45, 2.75) is 24.7 Å². The number of carboxylic acids is 1. The van der Waals surface area contributed by atoms with Crippen molar-refractivity contribution in [3.8, 4) is 0 Å². The first kappa shape index (κ1) is 22.3. The Hall–Kier alpha value is -3.93. The highest BCUT2D eigenvalue weighted by Crippen LogP contribution is 2.36. The Morgan fingerprint density at radius 3 is 2.55 bits per heavy atom. The highest BCUT2D eigenvalue weighted by molar-refractivity contribution is 5.87. The number of carbonyl (C=O) groups is 2. The Labute approximate surface area is 183 Å². The van der Waals surface area contributed by atoms with Gasteiger partial charge in [0.05, 0.1) is 13.2 Å². The highest BCUT2D eigenvalue weighted by atomic mass is 19.4. The third-order valence-corrected chi connectivity index (χ3v) is 5.25. The molecule has 0 aliphatic carbocycles. The summed E-state index contributed by atoms with van der Waals surface area (Å²) in [7, 11) is 1.41. The lowest BCUT2D eigenvalue weighted by molar-refractivity contribution is -0.192. The van der Waals surface area contributed by atoms with Crippen molar-refractivity contribution in [3.63, 3.8) is 0 Å². The lowest BCUT2D eigenvalue weighted by Gasteiger charge is -2.30. The average Bonchev–Trinajstić information content (AvgIpc) is 3.41. The van der Waals surface area contributed by atoms with Crippen LogP contribution < -0.4 is 5.32 Å². The second kappa shape index (κ2) is 8.54. The van der Waals surface area contributed by atoms with Crippen LogP contribution in [0.1, 0.15) is 22.9 Å². The summed E-state index contributed by atoms with van der Waals surface area (Å²) < 4.78 is 41.5. The van der Waals surface area contributed by atoms with Gasteiger partial charge in [0.2, 0.25) is 0 Å². The number of benzene rings is 2. The standard InChI is InChI=1S/C19H16N4O3.C2HF3O2/c1-25-19(24)16-9-12-11-4-2-3-5-13(11)20-18(12)17(21-16)10-6-7-14-15(8-10)23-26-22-14;3-2(4,5)1(6)7/h2-8,16-17,20-21H,9H2,1H3;(H,6,7)/t16-,17-;/m1./s1. The fourth-order valence-electron chi connectivity index (χ4n) is 3.77. The number of H-pyrrole nitrogens is 1. The maximum atomic E-state index is 12.3. The zero-order valence-corrected chi connectivity index (χ0v) is 17.0. The third-order valence-electron chi connectivity index (χ3n) is 5.25. The number of esters is 1. The SMILES string of the molecule is COC(=O)[C@H]1Cc2c([nH]c3ccccc23)[C@@H](c2ccc3nonc3c2)N1.O=C(O)C(F)(F)F. The summed E-state index contributed by atoms with van der Waals surface area (Å²) in [5, 5.41) is 19.4. The Kier molecular flexibility index (Phi) is 5.77. The predicted octanol–water partition coefficient (Wildman–Crippen LogP) is 3.11. The summed E-state index contributed by atoms with van der Waals surface area (Å²) in [5.41, 5.74) is 5.61. The topological polar surface area (TPSA) is 130 Å². The third kappa shape index (κ3) is 4.37. The molecule has 0 fully saturated rings. The van der Waals surface area contributed by atoms with Crippen molar-refractivity contribution < 1.29 is 37.2 Å². The van der Waals surface area contributed by atoms with E-state index in [4.69, 9.17) is 19.3 Å². The molecule has 1 aliphatic rings. The molecule has 2 aromatic carbocycles. The van der Waals surface area contributed by atoms with Crippen LogP contribution in [0.3, 0.4) is 0 Å². The summed E-state index contributed by atoms with van der Waals surface area (Å²) in [5.74, 6) is -3.03. The minimum absolute atomic E-state index is 0.184. The van der Waals surface area contributed by atoms with Crippen LogP contribution in [0.15, 0.2) is 47.1 Å². The van der Waals surface area contributed by atoms with Crippen LogP contribution >= 0.6 is 0 Å². The molecule has 0 radical (unpaired) electrons. The number of rotatable bonds is 2. The maximum absolute atomic E-state index is 12.3. The van der Waals surface area contributed by atoms with Crippen LogP contribution in [0.5, 0.6) is 0 Å². The molecule has 3 heterocycles. The van der Waals surface area contributed by atoms with E-state index in [9.17, 15) is 18.0 Å². The number of fused-ring (bicyclic) bond motifs is 4. The number of para-hydroxylation sites is 1. The smallest absolute Gasteiger partial charge is 0.475 e. The van der Waals surface area contributed by atoms with Crippen molar-refractivity contribution in [2.24, 2.45) is 0 Å². The average molecular weight is 462 g/mol. The van der Waals surface area contributed by atoms with Gasteiger partial charge in [0.25, 0.3) is 0 Å². The molecule has 0 bridgehead atoms. The highest BCUT2D eigenvalue weighted by Gasteiger charge is 2.38. The molecule has 0 saturated carbocycles. The van der Waals surface area contributed by atoms with Crippen molar-refractivity contribution >= 4 is 33.9 Å². The molecule has 5 rings (SSSR count). The summed E-state index contributed by atoms with van der Waals surface area (Å²) in [4.78, 5) is 24.7. The van der Waals surface area contributed by atoms with Crippen molar-refractivity contribution in [1.29, 1.82) is 0 Å². The molecule has 0 amide bonds. The predicted molar refractivity (Wildman–Crippen MR) is 108 cm³/mol. The lowest BCUT2D eigenvalue weighted by atomic mass is 9.90. The first-order valence-corrected chi connectivity index (χ1v) is 9.64. The Morgan fingerprint density at radius 2 is 1.85 bits per heavy atom. The van der Waals surface area contributed by atoms with Gasteiger partial charge in [0.15, 0.2) is 0 Å². The number of ether oxygens (including phenoxy) is 1. The van der Waals surface area contributed by atoms with Crippen LogP contribution in [0.25, 0.3) is 21.9 Å². The van der Waals surface area contributed by atoms with Gasteiger partial charge >= 0.3 is 18.1 Å². The second-order valence-electron chi connectivity index (χ2n) is 7.26. The number of alkyl halides is 3. The Morgan fingerprint density at radius 1 is 1.15 bits per heavy atom. The number of nitrogens with zero attached hydrogens (tertiary/aromatic N) is 2. The van der Waals surface area contributed by atoms with Gasteiger partial charge in [0, 0.05) is 23.0 Å². The molecule has 0 unspecified atom stereocenters. The molecular formula is C21H17F3N4O5. The molecule has 0 spiro atoms. The van der Waals surface area contributed by atoms with Gasteiger partial charge in [-0.1, -0.05) is 24.3 Å². The number of aromatic amines is 1. The molecule has 4 aromatic rings. The molecule has 1 aliphatic heterocycles. The van der Waals surface area contributed by atoms with E-state index in [0.717, 1.165) is 27.7 Å². The molecule has 0 saturated heterocycles. The number of carboxylic acid groups (broad SMARTS) is 1. The van der Waals surface area contributed by atoms with Crippen molar-refractivity contribution in [2.75, 3.05) is 7.11 Å². The number of hydrogen-bond donors (Lipinski definition) is 3. The fourth-order valence-corrected chi connectivity index (χ4v) is 3.77. The monoisotopic (exact) mass is 462 g/mol. The van der Waals surface area contributed by atoms with E-state index in [2.05, 4.69) is 26.7 Å². The number of methoxy groups -OCH3 is 1. The van der Waals surface area contributed by atoms with E-state index in [1.54, 1.807) is 0 Å². The van der Waals surface area contributed by atoms with E-state index >= 15 is 0 Å². The first-order valence-electron chi connectivity index (χ1n) is 9.64. The quantitative estimate of drug-likeness (QED) is 0.388. The minimum Gasteiger partial charge on any atom is -0.475 e. The van der Waals surface area contributed by atoms with Gasteiger partial charge in [-0.2, -0.15) is 13.2 Å². The Bertz CT molecular complexity index is 1330. The van der Waals surface area contributed by atoms with Crippen LogP contribution in [0.2, 0.25) is 0 Å². The number of aromatic nitrogens is 3. The fraction of sp³-hybridized carbons (Fsp3) is 0.238. The molecule has 9 nitrogen and oxygen atoms in total. The summed E-state index contributed by atoms with van der Waals surface area (Å²) >= 11 is 0. The molecule has 3 N–H and O–H groups in total. The first-order chi connectivity index (χ1) is 15.7. The van der Waals surface area contributed by atoms with Gasteiger partial charge in [-0.3, -0.25) is 10.1 Å². The van der Waals surface area contributed by atoms with Gasteiger partial charge in [-0.15, -0.1) is 0 Å². The molecule has 33 heavy (non-hydrogen) atoms. The summed E-state index contributed by atoms with van der Waals surface area (Å²) in [6, 6.07) is 13.3. The van der Waals surface area contributed by atoms with Gasteiger partial charge in [-0.05, 0) is 39.6 Å². The molecule has 12 heteroatoms. The molecule has 172 valence electrons. The van der Waals surface area contributed by atoms with Crippen LogP contribution in [0, 0.1) is 0 Å². The molecular weight excluding hydrogens is 445 g/mol. The summed E-state index contributed by atoms with van der Waals surface area (Å²) in [6.07, 6.45) is -4.50. The molecule has 2 atom stereocenters.